The normalized spacial score (nSPS) is 15.9. The van der Waals surface area contributed by atoms with E-state index in [2.05, 4.69) is 17.4 Å². The molecule has 2 aromatic carbocycles. The summed E-state index contributed by atoms with van der Waals surface area (Å²) in [7, 11) is 0. The zero-order chi connectivity index (χ0) is 17.1. The summed E-state index contributed by atoms with van der Waals surface area (Å²) >= 11 is 0. The molecule has 0 aromatic heterocycles. The maximum Gasteiger partial charge on any atom is 0.322 e. The molecule has 4 heteroatoms. The van der Waals surface area contributed by atoms with Crippen molar-refractivity contribution in [3.05, 3.63) is 64.7 Å². The number of fused-ring (bicyclic) bond motifs is 1. The monoisotopic (exact) mass is 324 g/mol. The summed E-state index contributed by atoms with van der Waals surface area (Å²) in [6, 6.07) is 14.1. The van der Waals surface area contributed by atoms with Gasteiger partial charge in [0.2, 0.25) is 0 Å². The molecule has 0 bridgehead atoms. The molecule has 2 N–H and O–H groups in total. The number of aryl methyl sites for hydroxylation is 3. The van der Waals surface area contributed by atoms with Crippen molar-refractivity contribution in [1.82, 2.24) is 4.90 Å². The maximum absolute atomic E-state index is 12.9. The molecule has 2 amide bonds. The van der Waals surface area contributed by atoms with Crippen LogP contribution in [0.5, 0.6) is 0 Å². The fourth-order valence-corrected chi connectivity index (χ4v) is 3.42. The first-order valence-electron chi connectivity index (χ1n) is 8.43. The summed E-state index contributed by atoms with van der Waals surface area (Å²) in [5, 5.41) is 12.5. The third-order valence-corrected chi connectivity index (χ3v) is 4.71. The highest BCUT2D eigenvalue weighted by molar-refractivity contribution is 5.90. The standard InChI is InChI=1S/C20H24N2O2/c1-14-7-8-15(2)18(13-14)21-20(24)22(11-12-23)19-10-9-16-5-3-4-6-17(16)19/h3-8,13,19,23H,9-12H2,1-2H3,(H,21,24). The van der Waals surface area contributed by atoms with Gasteiger partial charge in [0.15, 0.2) is 0 Å². The van der Waals surface area contributed by atoms with Crippen molar-refractivity contribution in [2.75, 3.05) is 18.5 Å². The van der Waals surface area contributed by atoms with E-state index in [0.29, 0.717) is 6.54 Å². The van der Waals surface area contributed by atoms with E-state index in [4.69, 9.17) is 0 Å². The number of hydrogen-bond acceptors (Lipinski definition) is 2. The lowest BCUT2D eigenvalue weighted by molar-refractivity contribution is 0.162. The van der Waals surface area contributed by atoms with E-state index in [1.807, 2.05) is 44.2 Å². The minimum Gasteiger partial charge on any atom is -0.395 e. The van der Waals surface area contributed by atoms with Gasteiger partial charge < -0.3 is 15.3 Å². The van der Waals surface area contributed by atoms with Crippen LogP contribution in [0.1, 0.15) is 34.7 Å². The second kappa shape index (κ2) is 7.05. The largest absolute Gasteiger partial charge is 0.395 e. The molecule has 0 saturated heterocycles. The van der Waals surface area contributed by atoms with Gasteiger partial charge in [-0.15, -0.1) is 0 Å². The van der Waals surface area contributed by atoms with Crippen LogP contribution in [0.2, 0.25) is 0 Å². The minimum atomic E-state index is -0.153. The molecule has 0 saturated carbocycles. The molecule has 0 heterocycles. The van der Waals surface area contributed by atoms with Crippen molar-refractivity contribution >= 4 is 11.7 Å². The highest BCUT2D eigenvalue weighted by atomic mass is 16.3. The Bertz CT molecular complexity index is 742. The summed E-state index contributed by atoms with van der Waals surface area (Å²) in [5.74, 6) is 0. The zero-order valence-electron chi connectivity index (χ0n) is 14.2. The number of anilines is 1. The van der Waals surface area contributed by atoms with E-state index in [0.717, 1.165) is 29.7 Å². The van der Waals surface area contributed by atoms with E-state index >= 15 is 0 Å². The van der Waals surface area contributed by atoms with Gasteiger partial charge in [-0.05, 0) is 55.0 Å². The number of carbonyl (C=O) groups excluding carboxylic acids is 1. The van der Waals surface area contributed by atoms with Gasteiger partial charge in [0.05, 0.1) is 12.6 Å². The Kier molecular flexibility index (Phi) is 4.86. The van der Waals surface area contributed by atoms with Gasteiger partial charge in [0.25, 0.3) is 0 Å². The smallest absolute Gasteiger partial charge is 0.322 e. The second-order valence-corrected chi connectivity index (χ2v) is 6.42. The lowest BCUT2D eigenvalue weighted by atomic mass is 10.1. The van der Waals surface area contributed by atoms with Gasteiger partial charge in [-0.25, -0.2) is 4.79 Å². The number of urea groups is 1. The molecular weight excluding hydrogens is 300 g/mol. The van der Waals surface area contributed by atoms with Crippen molar-refractivity contribution in [2.24, 2.45) is 0 Å². The second-order valence-electron chi connectivity index (χ2n) is 6.42. The zero-order valence-corrected chi connectivity index (χ0v) is 14.2. The van der Waals surface area contributed by atoms with Crippen LogP contribution in [0.15, 0.2) is 42.5 Å². The van der Waals surface area contributed by atoms with Crippen LogP contribution in [-0.2, 0) is 6.42 Å². The Labute approximate surface area is 143 Å². The van der Waals surface area contributed by atoms with Gasteiger partial charge >= 0.3 is 6.03 Å². The number of nitrogens with one attached hydrogen (secondary N) is 1. The molecule has 126 valence electrons. The average molecular weight is 324 g/mol. The van der Waals surface area contributed by atoms with Crippen LogP contribution in [0.25, 0.3) is 0 Å². The molecule has 3 rings (SSSR count). The molecule has 1 atom stereocenters. The highest BCUT2D eigenvalue weighted by Gasteiger charge is 2.30. The third kappa shape index (κ3) is 3.29. The van der Waals surface area contributed by atoms with Gasteiger partial charge in [0, 0.05) is 12.2 Å². The molecule has 4 nitrogen and oxygen atoms in total. The number of hydrogen-bond donors (Lipinski definition) is 2. The average Bonchev–Trinajstić information content (AvgIpc) is 2.99. The lowest BCUT2D eigenvalue weighted by Crippen LogP contribution is -2.39. The Morgan fingerprint density at radius 1 is 1.25 bits per heavy atom. The van der Waals surface area contributed by atoms with Crippen LogP contribution >= 0.6 is 0 Å². The van der Waals surface area contributed by atoms with E-state index in [1.54, 1.807) is 4.90 Å². The summed E-state index contributed by atoms with van der Waals surface area (Å²) in [6.45, 7) is 4.28. The van der Waals surface area contributed by atoms with E-state index in [9.17, 15) is 9.90 Å². The number of benzene rings is 2. The van der Waals surface area contributed by atoms with E-state index in [1.165, 1.54) is 11.1 Å². The first-order valence-corrected chi connectivity index (χ1v) is 8.43. The predicted molar refractivity (Wildman–Crippen MR) is 96.2 cm³/mol. The molecule has 2 aromatic rings. The van der Waals surface area contributed by atoms with E-state index < -0.39 is 0 Å². The Hall–Kier alpha value is -2.33. The first kappa shape index (κ1) is 16.5. The molecule has 24 heavy (non-hydrogen) atoms. The molecule has 0 spiro atoms. The topological polar surface area (TPSA) is 52.6 Å². The molecule has 0 aliphatic heterocycles. The Balaban J connectivity index is 1.83. The molecule has 1 aliphatic rings. The number of aliphatic hydroxyl groups is 1. The van der Waals surface area contributed by atoms with Crippen molar-refractivity contribution < 1.29 is 9.90 Å². The summed E-state index contributed by atoms with van der Waals surface area (Å²) in [5.41, 5.74) is 5.46. The van der Waals surface area contributed by atoms with Gasteiger partial charge in [-0.1, -0.05) is 36.4 Å². The lowest BCUT2D eigenvalue weighted by Gasteiger charge is -2.29. The molecule has 0 radical (unpaired) electrons. The van der Waals surface area contributed by atoms with Crippen molar-refractivity contribution in [2.45, 2.75) is 32.7 Å². The third-order valence-electron chi connectivity index (χ3n) is 4.71. The number of nitrogens with zero attached hydrogens (tertiary/aromatic N) is 1. The minimum absolute atomic E-state index is 0.0264. The molecule has 0 fully saturated rings. The molecule has 1 unspecified atom stereocenters. The van der Waals surface area contributed by atoms with Crippen molar-refractivity contribution in [1.29, 1.82) is 0 Å². The Morgan fingerprint density at radius 2 is 2.04 bits per heavy atom. The van der Waals surface area contributed by atoms with E-state index in [-0.39, 0.29) is 18.7 Å². The summed E-state index contributed by atoms with van der Waals surface area (Å²) < 4.78 is 0. The van der Waals surface area contributed by atoms with Crippen LogP contribution in [0.3, 0.4) is 0 Å². The van der Waals surface area contributed by atoms with Gasteiger partial charge in [-0.3, -0.25) is 0 Å². The maximum atomic E-state index is 12.9. The van der Waals surface area contributed by atoms with Crippen LogP contribution < -0.4 is 5.32 Å². The van der Waals surface area contributed by atoms with Crippen LogP contribution in [0, 0.1) is 13.8 Å². The van der Waals surface area contributed by atoms with Gasteiger partial charge in [-0.2, -0.15) is 0 Å². The Morgan fingerprint density at radius 3 is 2.83 bits per heavy atom. The van der Waals surface area contributed by atoms with Crippen molar-refractivity contribution in [3.8, 4) is 0 Å². The number of amides is 2. The number of aliphatic hydroxyl groups excluding tert-OH is 1. The summed E-state index contributed by atoms with van der Waals surface area (Å²) in [4.78, 5) is 14.6. The molecular formula is C20H24N2O2. The molecule has 1 aliphatic carbocycles. The van der Waals surface area contributed by atoms with Crippen molar-refractivity contribution in [3.63, 3.8) is 0 Å². The van der Waals surface area contributed by atoms with Gasteiger partial charge in [0.1, 0.15) is 0 Å². The fraction of sp³-hybridized carbons (Fsp3) is 0.350. The van der Waals surface area contributed by atoms with Crippen LogP contribution in [0.4, 0.5) is 10.5 Å². The highest BCUT2D eigenvalue weighted by Crippen LogP contribution is 2.35. The first-order chi connectivity index (χ1) is 11.6. The number of carbonyl (C=O) groups is 1. The fourth-order valence-electron chi connectivity index (χ4n) is 3.42. The number of rotatable bonds is 4. The SMILES string of the molecule is Cc1ccc(C)c(NC(=O)N(CCO)C2CCc3ccccc32)c1. The van der Waals surface area contributed by atoms with Crippen LogP contribution in [-0.4, -0.2) is 29.2 Å². The predicted octanol–water partition coefficient (Wildman–Crippen LogP) is 3.82. The quantitative estimate of drug-likeness (QED) is 0.898. The summed E-state index contributed by atoms with van der Waals surface area (Å²) in [6.07, 6.45) is 1.87.